The smallest absolute Gasteiger partial charge is 0.254 e. The Kier molecular flexibility index (Phi) is 4.97. The number of hydrogen-bond acceptors (Lipinski definition) is 4. The van der Waals surface area contributed by atoms with Crippen LogP contribution in [0.5, 0.6) is 5.75 Å². The number of hydrogen-bond donors (Lipinski definition) is 1. The number of aliphatic hydroxyl groups is 1. The molecule has 1 amide bonds. The summed E-state index contributed by atoms with van der Waals surface area (Å²) in [7, 11) is 3.65. The summed E-state index contributed by atoms with van der Waals surface area (Å²) in [6, 6.07) is 11.4. The highest BCUT2D eigenvalue weighted by atomic mass is 19.1. The van der Waals surface area contributed by atoms with Gasteiger partial charge in [0.25, 0.3) is 5.91 Å². The maximum Gasteiger partial charge on any atom is 0.254 e. The van der Waals surface area contributed by atoms with Crippen molar-refractivity contribution in [1.29, 1.82) is 0 Å². The molecule has 1 saturated carbocycles. The number of nitrogens with zero attached hydrogens (tertiary/aromatic N) is 3. The number of rotatable bonds is 5. The highest BCUT2D eigenvalue weighted by Crippen LogP contribution is 2.50. The summed E-state index contributed by atoms with van der Waals surface area (Å²) in [5, 5.41) is 11.7. The van der Waals surface area contributed by atoms with Crippen LogP contribution < -0.4 is 4.74 Å². The van der Waals surface area contributed by atoms with Crippen LogP contribution in [0.25, 0.3) is 10.9 Å². The van der Waals surface area contributed by atoms with Crippen LogP contribution in [-0.2, 0) is 12.5 Å². The predicted octanol–water partition coefficient (Wildman–Crippen LogP) is 3.48. The number of methoxy groups -OCH3 is 1. The fourth-order valence-corrected chi connectivity index (χ4v) is 6.22. The van der Waals surface area contributed by atoms with Crippen molar-refractivity contribution in [3.8, 4) is 5.75 Å². The van der Waals surface area contributed by atoms with Gasteiger partial charge < -0.3 is 24.2 Å². The molecule has 34 heavy (non-hydrogen) atoms. The summed E-state index contributed by atoms with van der Waals surface area (Å²) in [6.07, 6.45) is 2.61. The van der Waals surface area contributed by atoms with Gasteiger partial charge >= 0.3 is 0 Å². The van der Waals surface area contributed by atoms with Crippen LogP contribution in [-0.4, -0.2) is 65.3 Å². The maximum atomic E-state index is 14.0. The van der Waals surface area contributed by atoms with Crippen LogP contribution in [0.1, 0.15) is 40.5 Å². The molecule has 1 aliphatic carbocycles. The minimum absolute atomic E-state index is 0.197. The van der Waals surface area contributed by atoms with Gasteiger partial charge in [-0.2, -0.15) is 0 Å². The van der Waals surface area contributed by atoms with E-state index in [1.54, 1.807) is 24.1 Å². The summed E-state index contributed by atoms with van der Waals surface area (Å²) in [5.41, 5.74) is 3.33. The van der Waals surface area contributed by atoms with Crippen molar-refractivity contribution in [2.24, 2.45) is 13.0 Å². The van der Waals surface area contributed by atoms with Gasteiger partial charge in [0.2, 0.25) is 0 Å². The number of carbonyl (C=O) groups is 1. The number of fused-ring (bicyclic) bond motifs is 4. The van der Waals surface area contributed by atoms with Crippen molar-refractivity contribution in [2.75, 3.05) is 39.9 Å². The Bertz CT molecular complexity index is 1280. The van der Waals surface area contributed by atoms with Gasteiger partial charge in [-0.3, -0.25) is 4.79 Å². The standard InChI is InChI=1S/C27H30FN3O3/c1-29-22-11-20(34-2)8-9-21(22)24-25(29)23(13-32)31(26(33)18-4-3-5-19(28)10-18)16-27(24)14-30(15-27)12-17-6-7-17/h3-5,8-11,17,23,32H,6-7,12-16H2,1-2H3/t23-/m0/s1. The van der Waals surface area contributed by atoms with E-state index < -0.39 is 11.9 Å². The van der Waals surface area contributed by atoms with Crippen LogP contribution in [0.4, 0.5) is 4.39 Å². The fourth-order valence-electron chi connectivity index (χ4n) is 6.22. The van der Waals surface area contributed by atoms with Gasteiger partial charge in [-0.05, 0) is 54.7 Å². The van der Waals surface area contributed by atoms with Gasteiger partial charge in [-0.25, -0.2) is 4.39 Å². The minimum Gasteiger partial charge on any atom is -0.497 e. The number of likely N-dealkylation sites (tertiary alicyclic amines) is 1. The summed E-state index contributed by atoms with van der Waals surface area (Å²) < 4.78 is 21.5. The molecular weight excluding hydrogens is 433 g/mol. The molecule has 2 aliphatic heterocycles. The number of halogens is 1. The Balaban J connectivity index is 1.49. The normalized spacial score (nSPS) is 21.5. The van der Waals surface area contributed by atoms with Crippen LogP contribution >= 0.6 is 0 Å². The number of aryl methyl sites for hydroxylation is 1. The van der Waals surface area contributed by atoms with E-state index in [1.165, 1.54) is 30.5 Å². The second-order valence-corrected chi connectivity index (χ2v) is 10.2. The maximum absolute atomic E-state index is 14.0. The van der Waals surface area contributed by atoms with Gasteiger partial charge in [0, 0.05) is 61.4 Å². The number of ether oxygens (including phenoxy) is 1. The van der Waals surface area contributed by atoms with Gasteiger partial charge in [0.05, 0.1) is 25.3 Å². The molecule has 6 nitrogen and oxygen atoms in total. The third-order valence-electron chi connectivity index (χ3n) is 7.92. The Morgan fingerprint density at radius 1 is 1.18 bits per heavy atom. The molecule has 6 rings (SSSR count). The van der Waals surface area contributed by atoms with Crippen molar-refractivity contribution >= 4 is 16.8 Å². The van der Waals surface area contributed by atoms with Crippen molar-refractivity contribution in [3.05, 3.63) is 65.1 Å². The zero-order chi connectivity index (χ0) is 23.6. The molecule has 2 fully saturated rings. The van der Waals surface area contributed by atoms with E-state index in [2.05, 4.69) is 15.5 Å². The highest BCUT2D eigenvalue weighted by Gasteiger charge is 2.54. The molecule has 1 N–H and O–H groups in total. The number of amides is 1. The van der Waals surface area contributed by atoms with E-state index in [1.807, 2.05) is 19.2 Å². The first-order chi connectivity index (χ1) is 16.4. The van der Waals surface area contributed by atoms with Crippen LogP contribution in [0.15, 0.2) is 42.5 Å². The molecule has 7 heteroatoms. The summed E-state index contributed by atoms with van der Waals surface area (Å²) in [5.74, 6) is 0.894. The number of aliphatic hydroxyl groups excluding tert-OH is 1. The zero-order valence-electron chi connectivity index (χ0n) is 19.6. The lowest BCUT2D eigenvalue weighted by Crippen LogP contribution is -2.67. The van der Waals surface area contributed by atoms with Crippen LogP contribution in [0.3, 0.4) is 0 Å². The van der Waals surface area contributed by atoms with Crippen molar-refractivity contribution in [2.45, 2.75) is 24.3 Å². The van der Waals surface area contributed by atoms with E-state index in [0.29, 0.717) is 12.1 Å². The summed E-state index contributed by atoms with van der Waals surface area (Å²) >= 11 is 0. The summed E-state index contributed by atoms with van der Waals surface area (Å²) in [4.78, 5) is 17.9. The molecular formula is C27H30FN3O3. The third kappa shape index (κ3) is 3.25. The zero-order valence-corrected chi connectivity index (χ0v) is 19.6. The number of aromatic nitrogens is 1. The molecule has 0 unspecified atom stereocenters. The van der Waals surface area contributed by atoms with Crippen LogP contribution in [0.2, 0.25) is 0 Å². The molecule has 178 valence electrons. The third-order valence-corrected chi connectivity index (χ3v) is 7.92. The molecule has 0 bridgehead atoms. The molecule has 1 aromatic heterocycles. The first-order valence-corrected chi connectivity index (χ1v) is 12.0. The topological polar surface area (TPSA) is 57.9 Å². The van der Waals surface area contributed by atoms with Gasteiger partial charge in [0.15, 0.2) is 0 Å². The number of carbonyl (C=O) groups excluding carboxylic acids is 1. The molecule has 1 spiro atoms. The molecule has 0 radical (unpaired) electrons. The quantitative estimate of drug-likeness (QED) is 0.630. The van der Waals surface area contributed by atoms with Gasteiger partial charge in [-0.15, -0.1) is 0 Å². The molecule has 1 atom stereocenters. The average Bonchev–Trinajstić information content (AvgIpc) is 3.60. The SMILES string of the molecule is COc1ccc2c3c(n(C)c2c1)[C@H](CO)N(C(=O)c1cccc(F)c1)CC31CN(CC2CC2)C1. The van der Waals surface area contributed by atoms with E-state index in [0.717, 1.165) is 47.9 Å². The van der Waals surface area contributed by atoms with Gasteiger partial charge in [0.1, 0.15) is 11.6 Å². The first-order valence-electron chi connectivity index (χ1n) is 12.0. The largest absolute Gasteiger partial charge is 0.497 e. The van der Waals surface area contributed by atoms with Crippen molar-refractivity contribution in [1.82, 2.24) is 14.4 Å². The van der Waals surface area contributed by atoms with E-state index >= 15 is 0 Å². The average molecular weight is 464 g/mol. The van der Waals surface area contributed by atoms with Crippen LogP contribution in [0, 0.1) is 11.7 Å². The molecule has 3 heterocycles. The van der Waals surface area contributed by atoms with E-state index in [9.17, 15) is 14.3 Å². The molecule has 3 aliphatic rings. The summed E-state index contributed by atoms with van der Waals surface area (Å²) in [6.45, 7) is 3.18. The second kappa shape index (κ2) is 7.82. The highest BCUT2D eigenvalue weighted by molar-refractivity contribution is 5.96. The van der Waals surface area contributed by atoms with Crippen molar-refractivity contribution < 1.29 is 19.0 Å². The Labute approximate surface area is 198 Å². The fraction of sp³-hybridized carbons (Fsp3) is 0.444. The Morgan fingerprint density at radius 2 is 1.97 bits per heavy atom. The lowest BCUT2D eigenvalue weighted by molar-refractivity contribution is -0.00310. The first kappa shape index (κ1) is 21.6. The lowest BCUT2D eigenvalue weighted by atomic mass is 9.68. The molecule has 1 saturated heterocycles. The molecule has 3 aromatic rings. The minimum atomic E-state index is -0.503. The van der Waals surface area contributed by atoms with E-state index in [-0.39, 0.29) is 17.9 Å². The van der Waals surface area contributed by atoms with Crippen molar-refractivity contribution in [3.63, 3.8) is 0 Å². The Hall–Kier alpha value is -2.90. The number of benzene rings is 2. The molecule has 2 aromatic carbocycles. The monoisotopic (exact) mass is 463 g/mol. The van der Waals surface area contributed by atoms with E-state index in [4.69, 9.17) is 4.74 Å². The Morgan fingerprint density at radius 3 is 2.65 bits per heavy atom. The predicted molar refractivity (Wildman–Crippen MR) is 128 cm³/mol. The lowest BCUT2D eigenvalue weighted by Gasteiger charge is -2.56. The van der Waals surface area contributed by atoms with Gasteiger partial charge in [-0.1, -0.05) is 6.07 Å². The second-order valence-electron chi connectivity index (χ2n) is 10.2.